The molecule has 0 atom stereocenters. The second-order valence-electron chi connectivity index (χ2n) is 4.06. The summed E-state index contributed by atoms with van der Waals surface area (Å²) >= 11 is 0. The summed E-state index contributed by atoms with van der Waals surface area (Å²) < 4.78 is 7.08. The van der Waals surface area contributed by atoms with Crippen molar-refractivity contribution in [2.75, 3.05) is 13.7 Å². The van der Waals surface area contributed by atoms with Gasteiger partial charge >= 0.3 is 0 Å². The van der Waals surface area contributed by atoms with Gasteiger partial charge in [0.15, 0.2) is 0 Å². The molecule has 2 aromatic rings. The Bertz CT molecular complexity index is 490. The first-order chi connectivity index (χ1) is 8.72. The zero-order chi connectivity index (χ0) is 13.0. The van der Waals surface area contributed by atoms with Crippen molar-refractivity contribution in [3.05, 3.63) is 23.4 Å². The van der Waals surface area contributed by atoms with Crippen LogP contribution in [0.15, 0.2) is 6.33 Å². The first-order valence-corrected chi connectivity index (χ1v) is 5.83. The molecule has 0 radical (unpaired) electrons. The maximum Gasteiger partial charge on any atom is 0.216 e. The highest BCUT2D eigenvalue weighted by molar-refractivity contribution is 5.30. The second kappa shape index (κ2) is 5.63. The number of nitrogens with zero attached hydrogens (tertiary/aromatic N) is 4. The first-order valence-electron chi connectivity index (χ1n) is 5.83. The Morgan fingerprint density at radius 1 is 1.50 bits per heavy atom. The lowest BCUT2D eigenvalue weighted by molar-refractivity contribution is 0.368. The quantitative estimate of drug-likeness (QED) is 0.715. The van der Waals surface area contributed by atoms with Gasteiger partial charge in [0.25, 0.3) is 0 Å². The highest BCUT2D eigenvalue weighted by Crippen LogP contribution is 2.20. The van der Waals surface area contributed by atoms with Gasteiger partial charge in [-0.3, -0.25) is 5.10 Å². The molecule has 2 rings (SSSR count). The van der Waals surface area contributed by atoms with E-state index in [1.807, 2.05) is 14.0 Å². The average Bonchev–Trinajstić information content (AvgIpc) is 2.93. The number of nitrogens with one attached hydrogen (secondary N) is 2. The molecule has 2 aromatic heterocycles. The number of aryl methyl sites for hydroxylation is 2. The van der Waals surface area contributed by atoms with E-state index in [1.54, 1.807) is 11.8 Å². The van der Waals surface area contributed by atoms with Crippen molar-refractivity contribution in [2.24, 2.45) is 7.05 Å². The van der Waals surface area contributed by atoms with E-state index in [1.165, 1.54) is 6.33 Å². The van der Waals surface area contributed by atoms with Crippen LogP contribution in [0.25, 0.3) is 0 Å². The van der Waals surface area contributed by atoms with Crippen LogP contribution in [0, 0.1) is 6.92 Å². The Morgan fingerprint density at radius 3 is 3.00 bits per heavy atom. The van der Waals surface area contributed by atoms with Crippen LogP contribution < -0.4 is 10.1 Å². The van der Waals surface area contributed by atoms with Crippen LogP contribution >= 0.6 is 0 Å². The number of hydrogen-bond donors (Lipinski definition) is 2. The number of aromatic amines is 1. The summed E-state index contributed by atoms with van der Waals surface area (Å²) in [5.74, 6) is 1.69. The van der Waals surface area contributed by atoms with Gasteiger partial charge in [-0.1, -0.05) is 0 Å². The maximum atomic E-state index is 5.33. The lowest BCUT2D eigenvalue weighted by atomic mass is 10.2. The second-order valence-corrected chi connectivity index (χ2v) is 4.06. The van der Waals surface area contributed by atoms with Crippen molar-refractivity contribution >= 4 is 0 Å². The normalized spacial score (nSPS) is 10.8. The molecule has 0 saturated carbocycles. The van der Waals surface area contributed by atoms with Gasteiger partial charge in [-0.25, -0.2) is 9.67 Å². The van der Waals surface area contributed by atoms with Crippen LogP contribution in [0.2, 0.25) is 0 Å². The van der Waals surface area contributed by atoms with Crippen molar-refractivity contribution < 1.29 is 4.74 Å². The van der Waals surface area contributed by atoms with Crippen molar-refractivity contribution in [3.63, 3.8) is 0 Å². The fourth-order valence-corrected chi connectivity index (χ4v) is 1.91. The van der Waals surface area contributed by atoms with Crippen molar-refractivity contribution in [1.82, 2.24) is 30.3 Å². The SMILES string of the molecule is COc1c(CNCCc2ncn[nH]2)c(C)nn1C. The number of methoxy groups -OCH3 is 1. The summed E-state index contributed by atoms with van der Waals surface area (Å²) in [6.07, 6.45) is 2.34. The van der Waals surface area contributed by atoms with Crippen LogP contribution in [0.1, 0.15) is 17.1 Å². The predicted molar refractivity (Wildman–Crippen MR) is 66.3 cm³/mol. The topological polar surface area (TPSA) is 80.7 Å². The molecule has 0 aromatic carbocycles. The van der Waals surface area contributed by atoms with Crippen LogP contribution in [0.5, 0.6) is 5.88 Å². The summed E-state index contributed by atoms with van der Waals surface area (Å²) in [6.45, 7) is 3.54. The molecule has 7 heteroatoms. The Hall–Kier alpha value is -1.89. The standard InChI is InChI=1S/C11H18N6O/c1-8-9(11(18-3)17(2)16-8)6-12-5-4-10-13-7-14-15-10/h7,12H,4-6H2,1-3H3,(H,13,14,15). The Kier molecular flexibility index (Phi) is 3.93. The van der Waals surface area contributed by atoms with Gasteiger partial charge in [0.2, 0.25) is 5.88 Å². The van der Waals surface area contributed by atoms with Crippen molar-refractivity contribution in [3.8, 4) is 5.88 Å². The minimum absolute atomic E-state index is 0.733. The van der Waals surface area contributed by atoms with Crippen LogP contribution in [-0.4, -0.2) is 38.6 Å². The molecule has 0 bridgehead atoms. The van der Waals surface area contributed by atoms with E-state index in [2.05, 4.69) is 25.6 Å². The molecule has 0 saturated heterocycles. The van der Waals surface area contributed by atoms with Crippen LogP contribution in [-0.2, 0) is 20.0 Å². The molecule has 0 aliphatic rings. The number of hydrogen-bond acceptors (Lipinski definition) is 5. The molecule has 7 nitrogen and oxygen atoms in total. The van der Waals surface area contributed by atoms with Gasteiger partial charge in [-0.15, -0.1) is 0 Å². The molecule has 0 aliphatic carbocycles. The van der Waals surface area contributed by atoms with Crippen LogP contribution in [0.3, 0.4) is 0 Å². The van der Waals surface area contributed by atoms with E-state index < -0.39 is 0 Å². The molecule has 2 N–H and O–H groups in total. The molecule has 18 heavy (non-hydrogen) atoms. The van der Waals surface area contributed by atoms with Crippen molar-refractivity contribution in [2.45, 2.75) is 19.9 Å². The molecular weight excluding hydrogens is 232 g/mol. The van der Waals surface area contributed by atoms with E-state index in [-0.39, 0.29) is 0 Å². The van der Waals surface area contributed by atoms with Gasteiger partial charge < -0.3 is 10.1 Å². The Labute approximate surface area is 106 Å². The summed E-state index contributed by atoms with van der Waals surface area (Å²) in [4.78, 5) is 4.07. The Morgan fingerprint density at radius 2 is 2.33 bits per heavy atom. The van der Waals surface area contributed by atoms with E-state index in [0.717, 1.165) is 42.5 Å². The zero-order valence-electron chi connectivity index (χ0n) is 10.9. The largest absolute Gasteiger partial charge is 0.481 e. The molecule has 0 spiro atoms. The van der Waals surface area contributed by atoms with Crippen molar-refractivity contribution in [1.29, 1.82) is 0 Å². The summed E-state index contributed by atoms with van der Waals surface area (Å²) in [5, 5.41) is 14.3. The lowest BCUT2D eigenvalue weighted by Crippen LogP contribution is -2.18. The van der Waals surface area contributed by atoms with Gasteiger partial charge in [0.05, 0.1) is 18.4 Å². The number of H-pyrrole nitrogens is 1. The van der Waals surface area contributed by atoms with E-state index in [9.17, 15) is 0 Å². The van der Waals surface area contributed by atoms with Gasteiger partial charge in [-0.2, -0.15) is 10.2 Å². The smallest absolute Gasteiger partial charge is 0.216 e. The highest BCUT2D eigenvalue weighted by atomic mass is 16.5. The zero-order valence-corrected chi connectivity index (χ0v) is 10.9. The first kappa shape index (κ1) is 12.6. The van der Waals surface area contributed by atoms with Gasteiger partial charge in [0.1, 0.15) is 12.2 Å². The molecule has 98 valence electrons. The third-order valence-electron chi connectivity index (χ3n) is 2.79. The minimum Gasteiger partial charge on any atom is -0.481 e. The third kappa shape index (κ3) is 2.67. The predicted octanol–water partition coefficient (Wildman–Crippen LogP) is 0.188. The summed E-state index contributed by atoms with van der Waals surface area (Å²) in [5.41, 5.74) is 2.08. The molecule has 0 unspecified atom stereocenters. The Balaban J connectivity index is 1.86. The maximum absolute atomic E-state index is 5.33. The molecular formula is C11H18N6O. The van der Waals surface area contributed by atoms with Crippen LogP contribution in [0.4, 0.5) is 0 Å². The fourth-order valence-electron chi connectivity index (χ4n) is 1.91. The monoisotopic (exact) mass is 250 g/mol. The average molecular weight is 250 g/mol. The number of rotatable bonds is 6. The van der Waals surface area contributed by atoms with E-state index in [4.69, 9.17) is 4.74 Å². The lowest BCUT2D eigenvalue weighted by Gasteiger charge is -2.06. The fraction of sp³-hybridized carbons (Fsp3) is 0.545. The summed E-state index contributed by atoms with van der Waals surface area (Å²) in [6, 6.07) is 0. The highest BCUT2D eigenvalue weighted by Gasteiger charge is 2.12. The van der Waals surface area contributed by atoms with Gasteiger partial charge in [-0.05, 0) is 6.92 Å². The summed E-state index contributed by atoms with van der Waals surface area (Å²) in [7, 11) is 3.54. The molecule has 0 aliphatic heterocycles. The van der Waals surface area contributed by atoms with E-state index >= 15 is 0 Å². The number of ether oxygens (including phenoxy) is 1. The third-order valence-corrected chi connectivity index (χ3v) is 2.79. The molecule has 2 heterocycles. The minimum atomic E-state index is 0.733. The van der Waals surface area contributed by atoms with Gasteiger partial charge in [0, 0.05) is 26.6 Å². The number of aromatic nitrogens is 5. The molecule has 0 fully saturated rings. The van der Waals surface area contributed by atoms with E-state index in [0.29, 0.717) is 0 Å². The molecule has 0 amide bonds.